The largest absolute Gasteiger partial charge is 0.384 e. The van der Waals surface area contributed by atoms with Crippen molar-refractivity contribution in [2.75, 3.05) is 0 Å². The van der Waals surface area contributed by atoms with Gasteiger partial charge in [0.15, 0.2) is 0 Å². The van der Waals surface area contributed by atoms with E-state index in [9.17, 15) is 5.26 Å². The predicted molar refractivity (Wildman–Crippen MR) is 182 cm³/mol. The van der Waals surface area contributed by atoms with Gasteiger partial charge in [0.2, 0.25) is 0 Å². The molecule has 0 unspecified atom stereocenters. The number of fused-ring (bicyclic) bond motifs is 1. The summed E-state index contributed by atoms with van der Waals surface area (Å²) in [6, 6.07) is 40.6. The molecule has 0 amide bonds. The highest BCUT2D eigenvalue weighted by Gasteiger charge is 2.23. The van der Waals surface area contributed by atoms with Gasteiger partial charge < -0.3 is 5.73 Å². The van der Waals surface area contributed by atoms with Gasteiger partial charge in [-0.05, 0) is 25.0 Å². The molecule has 5 aromatic rings. The molecular weight excluding hydrogens is 545 g/mol. The average molecular weight is 580 g/mol. The maximum atomic E-state index is 10.7. The smallest absolute Gasteiger partial charge is 0.146 e. The molecule has 6 rings (SSSR count). The zero-order valence-electron chi connectivity index (χ0n) is 24.4. The van der Waals surface area contributed by atoms with E-state index in [-0.39, 0.29) is 0 Å². The molecule has 5 nitrogen and oxygen atoms in total. The van der Waals surface area contributed by atoms with E-state index >= 15 is 0 Å². The van der Waals surface area contributed by atoms with Crippen molar-refractivity contribution in [2.45, 2.75) is 26.7 Å². The normalized spacial score (nSPS) is 13.5. The van der Waals surface area contributed by atoms with Gasteiger partial charge in [0.05, 0.1) is 24.8 Å². The van der Waals surface area contributed by atoms with Crippen LogP contribution in [-0.4, -0.2) is 15.3 Å². The van der Waals surface area contributed by atoms with Crippen LogP contribution in [0.2, 0.25) is 0 Å². The Hall–Kier alpha value is -5.04. The molecule has 43 heavy (non-hydrogen) atoms. The van der Waals surface area contributed by atoms with E-state index in [2.05, 4.69) is 48.6 Å². The molecule has 0 fully saturated rings. The van der Waals surface area contributed by atoms with E-state index in [0.29, 0.717) is 22.9 Å². The number of imidazole rings is 1. The first kappa shape index (κ1) is 29.5. The van der Waals surface area contributed by atoms with Crippen molar-refractivity contribution in [3.05, 3.63) is 150 Å². The zero-order valence-corrected chi connectivity index (χ0v) is 25.3. The number of hydrogen-bond acceptors (Lipinski definition) is 4. The topological polar surface area (TPSA) is 80.0 Å². The Kier molecular flexibility index (Phi) is 9.74. The van der Waals surface area contributed by atoms with Crippen molar-refractivity contribution in [1.29, 1.82) is 5.26 Å². The molecule has 0 aliphatic heterocycles. The van der Waals surface area contributed by atoms with Crippen LogP contribution in [0.4, 0.5) is 0 Å². The number of allylic oxidation sites excluding steroid dienone is 5. The van der Waals surface area contributed by atoms with Crippen molar-refractivity contribution >= 4 is 46.8 Å². The molecule has 0 spiro atoms. The average Bonchev–Trinajstić information content (AvgIpc) is 3.49. The number of nitrogens with two attached hydrogens (primary N) is 1. The van der Waals surface area contributed by atoms with Gasteiger partial charge in [-0.1, -0.05) is 135 Å². The van der Waals surface area contributed by atoms with E-state index in [4.69, 9.17) is 15.5 Å². The molecule has 1 heterocycles. The van der Waals surface area contributed by atoms with Crippen molar-refractivity contribution in [1.82, 2.24) is 9.55 Å². The molecule has 0 saturated heterocycles. The number of aromatic nitrogens is 2. The standard InChI is InChI=1S/C35H28N5P.C2H6/c36-25-30(34(37)40-32-24-14-13-23-31(32)38-35(40)27-17-7-2-8-18-27)33(26-15-5-1-6-16-26)39-41(28-19-9-3-10-20-28)29-21-11-4-12-22-29;1-2/h1,3-7,9-24H,2,8,37H2;1-2H3/b34-30+,39-33-;. The van der Waals surface area contributed by atoms with Crippen LogP contribution in [-0.2, 0) is 0 Å². The summed E-state index contributed by atoms with van der Waals surface area (Å²) in [5.41, 5.74) is 11.3. The maximum absolute atomic E-state index is 10.7. The molecule has 6 heteroatoms. The van der Waals surface area contributed by atoms with Gasteiger partial charge in [0.25, 0.3) is 0 Å². The third kappa shape index (κ3) is 6.41. The number of para-hydroxylation sites is 2. The van der Waals surface area contributed by atoms with E-state index in [1.54, 1.807) is 0 Å². The summed E-state index contributed by atoms with van der Waals surface area (Å²) in [6.07, 6.45) is 8.32. The van der Waals surface area contributed by atoms with Gasteiger partial charge in [0, 0.05) is 21.7 Å². The summed E-state index contributed by atoms with van der Waals surface area (Å²) in [7, 11) is -1.19. The molecule has 4 aromatic carbocycles. The van der Waals surface area contributed by atoms with Crippen LogP contribution in [0.1, 0.15) is 38.1 Å². The molecule has 0 saturated carbocycles. The lowest BCUT2D eigenvalue weighted by Gasteiger charge is -2.18. The Morgan fingerprint density at radius 2 is 1.40 bits per heavy atom. The fourth-order valence-electron chi connectivity index (χ4n) is 4.94. The number of rotatable bonds is 7. The number of nitriles is 1. The quantitative estimate of drug-likeness (QED) is 0.121. The Morgan fingerprint density at radius 3 is 1.98 bits per heavy atom. The maximum Gasteiger partial charge on any atom is 0.146 e. The second-order valence-corrected chi connectivity index (χ2v) is 11.4. The highest BCUT2D eigenvalue weighted by Crippen LogP contribution is 2.38. The minimum atomic E-state index is -1.19. The highest BCUT2D eigenvalue weighted by atomic mass is 31.1. The number of nitrogens with zero attached hydrogens (tertiary/aromatic N) is 4. The van der Waals surface area contributed by atoms with Crippen molar-refractivity contribution in [3.63, 3.8) is 0 Å². The molecule has 0 bridgehead atoms. The van der Waals surface area contributed by atoms with Gasteiger partial charge in [-0.3, -0.25) is 4.57 Å². The Labute approximate surface area is 254 Å². The van der Waals surface area contributed by atoms with Crippen LogP contribution in [0, 0.1) is 11.3 Å². The van der Waals surface area contributed by atoms with E-state index in [1.807, 2.05) is 109 Å². The minimum Gasteiger partial charge on any atom is -0.384 e. The van der Waals surface area contributed by atoms with Crippen molar-refractivity contribution in [2.24, 2.45) is 10.5 Å². The fourth-order valence-corrected chi connectivity index (χ4v) is 6.79. The molecule has 2 N–H and O–H groups in total. The first-order valence-electron chi connectivity index (χ1n) is 14.5. The summed E-state index contributed by atoms with van der Waals surface area (Å²) in [5.74, 6) is 1.02. The molecule has 1 aliphatic rings. The SMILES string of the molecule is CC.N#CC(/C(=N\P(c1ccccc1)c1ccccc1)c1ccccc1)=C(/N)n1c(C2=CCCC=C2)nc2ccccc21. The molecule has 1 aromatic heterocycles. The first-order valence-corrected chi connectivity index (χ1v) is 15.8. The lowest BCUT2D eigenvalue weighted by atomic mass is 10.0. The lowest BCUT2D eigenvalue weighted by molar-refractivity contribution is 1.01. The van der Waals surface area contributed by atoms with E-state index < -0.39 is 8.07 Å². The second kappa shape index (κ2) is 14.2. The lowest BCUT2D eigenvalue weighted by Crippen LogP contribution is -2.19. The molecule has 1 aliphatic carbocycles. The van der Waals surface area contributed by atoms with Crippen LogP contribution in [0.15, 0.2) is 144 Å². The summed E-state index contributed by atoms with van der Waals surface area (Å²) in [6.45, 7) is 4.00. The van der Waals surface area contributed by atoms with E-state index in [1.165, 1.54) is 0 Å². The van der Waals surface area contributed by atoms with Gasteiger partial charge in [-0.2, -0.15) is 5.26 Å². The van der Waals surface area contributed by atoms with Crippen LogP contribution in [0.5, 0.6) is 0 Å². The Morgan fingerprint density at radius 1 is 0.814 bits per heavy atom. The Bertz CT molecular complexity index is 1800. The zero-order chi connectivity index (χ0) is 30.0. The van der Waals surface area contributed by atoms with Crippen molar-refractivity contribution in [3.8, 4) is 6.07 Å². The summed E-state index contributed by atoms with van der Waals surface area (Å²) in [5, 5.41) is 12.9. The van der Waals surface area contributed by atoms with Gasteiger partial charge in [-0.15, -0.1) is 0 Å². The van der Waals surface area contributed by atoms with Crippen LogP contribution in [0.25, 0.3) is 22.4 Å². The van der Waals surface area contributed by atoms with Crippen LogP contribution in [0.3, 0.4) is 0 Å². The third-order valence-corrected chi connectivity index (χ3v) is 8.88. The summed E-state index contributed by atoms with van der Waals surface area (Å²) < 4.78 is 7.27. The highest BCUT2D eigenvalue weighted by molar-refractivity contribution is 7.72. The number of benzene rings is 4. The molecule has 0 atom stereocenters. The van der Waals surface area contributed by atoms with Gasteiger partial charge in [0.1, 0.15) is 23.3 Å². The number of hydrogen-bond donors (Lipinski definition) is 1. The fraction of sp³-hybridized carbons (Fsp3) is 0.108. The molecular formula is C37H34N5P. The second-order valence-electron chi connectivity index (χ2n) is 9.57. The monoisotopic (exact) mass is 579 g/mol. The van der Waals surface area contributed by atoms with Gasteiger partial charge in [-0.25, -0.2) is 9.75 Å². The van der Waals surface area contributed by atoms with Crippen LogP contribution >= 0.6 is 8.07 Å². The molecule has 212 valence electrons. The minimum absolute atomic E-state index is 0.301. The van der Waals surface area contributed by atoms with E-state index in [0.717, 1.165) is 45.6 Å². The summed E-state index contributed by atoms with van der Waals surface area (Å²) in [4.78, 5) is 4.95. The Balaban J connectivity index is 0.00000180. The van der Waals surface area contributed by atoms with Crippen molar-refractivity contribution < 1.29 is 0 Å². The first-order chi connectivity index (χ1) is 21.2. The summed E-state index contributed by atoms with van der Waals surface area (Å²) >= 11 is 0. The third-order valence-electron chi connectivity index (χ3n) is 6.91. The van der Waals surface area contributed by atoms with Gasteiger partial charge >= 0.3 is 0 Å². The predicted octanol–water partition coefficient (Wildman–Crippen LogP) is 7.98. The molecule has 0 radical (unpaired) electrons. The van der Waals surface area contributed by atoms with Crippen LogP contribution < -0.4 is 16.3 Å².